The Bertz CT molecular complexity index is 587. The molecule has 8 heteroatoms. The number of hydrogen-bond acceptors (Lipinski definition) is 3. The lowest BCUT2D eigenvalue weighted by Crippen LogP contribution is -2.19. The lowest BCUT2D eigenvalue weighted by molar-refractivity contribution is -0.116. The van der Waals surface area contributed by atoms with Crippen molar-refractivity contribution in [3.8, 4) is 0 Å². The number of halogens is 3. The summed E-state index contributed by atoms with van der Waals surface area (Å²) in [5, 5.41) is 6.30. The third-order valence-electron chi connectivity index (χ3n) is 2.02. The molecule has 0 fully saturated rings. The minimum atomic E-state index is -0.544. The second-order valence-electron chi connectivity index (χ2n) is 3.39. The molecule has 0 radical (unpaired) electrons. The maximum Gasteiger partial charge on any atom is 0.246 e. The van der Waals surface area contributed by atoms with E-state index in [1.807, 2.05) is 0 Å². The molecular weight excluding hydrogens is 282 g/mol. The van der Waals surface area contributed by atoms with Crippen LogP contribution in [0.25, 0.3) is 0 Å². The molecule has 0 aliphatic rings. The van der Waals surface area contributed by atoms with Crippen molar-refractivity contribution in [2.75, 3.05) is 5.32 Å². The number of benzene rings is 1. The summed E-state index contributed by atoms with van der Waals surface area (Å²) >= 11 is 11.1. The minimum absolute atomic E-state index is 0.0469. The molecule has 0 aliphatic carbocycles. The van der Waals surface area contributed by atoms with Crippen molar-refractivity contribution in [1.29, 1.82) is 0 Å². The first-order chi connectivity index (χ1) is 8.54. The molecule has 0 saturated heterocycles. The van der Waals surface area contributed by atoms with Gasteiger partial charge in [-0.3, -0.25) is 4.79 Å². The molecule has 2 rings (SSSR count). The van der Waals surface area contributed by atoms with E-state index in [1.54, 1.807) is 0 Å². The van der Waals surface area contributed by atoms with Gasteiger partial charge >= 0.3 is 0 Å². The molecule has 0 aliphatic heterocycles. The number of nitrogens with zero attached hydrogens (tertiary/aromatic N) is 3. The van der Waals surface area contributed by atoms with Crippen LogP contribution in [-0.2, 0) is 11.3 Å². The molecule has 18 heavy (non-hydrogen) atoms. The first kappa shape index (κ1) is 12.8. The Labute approximate surface area is 112 Å². The molecule has 0 atom stereocenters. The predicted octanol–water partition coefficient (Wildman–Crippen LogP) is 2.36. The quantitative estimate of drug-likeness (QED) is 0.943. The Hall–Kier alpha value is -1.66. The number of hydrogen-bond donors (Lipinski definition) is 1. The summed E-state index contributed by atoms with van der Waals surface area (Å²) in [5.74, 6) is -0.892. The fourth-order valence-corrected chi connectivity index (χ4v) is 1.59. The second-order valence-corrected chi connectivity index (χ2v) is 4.13. The lowest BCUT2D eigenvalue weighted by atomic mass is 10.3. The number of amides is 1. The van der Waals surface area contributed by atoms with E-state index in [0.29, 0.717) is 5.69 Å². The molecule has 5 nitrogen and oxygen atoms in total. The van der Waals surface area contributed by atoms with Gasteiger partial charge in [-0.2, -0.15) is 0 Å². The van der Waals surface area contributed by atoms with Gasteiger partial charge in [-0.25, -0.2) is 14.1 Å². The first-order valence-electron chi connectivity index (χ1n) is 4.84. The number of anilines is 1. The lowest BCUT2D eigenvalue weighted by Gasteiger charge is -2.05. The Balaban J connectivity index is 2.00. The van der Waals surface area contributed by atoms with Crippen molar-refractivity contribution in [3.05, 3.63) is 40.6 Å². The Morgan fingerprint density at radius 1 is 1.44 bits per heavy atom. The summed E-state index contributed by atoms with van der Waals surface area (Å²) in [6.45, 7) is -0.0469. The highest BCUT2D eigenvalue weighted by molar-refractivity contribution is 6.31. The van der Waals surface area contributed by atoms with Crippen LogP contribution >= 0.6 is 23.2 Å². The Morgan fingerprint density at radius 2 is 2.22 bits per heavy atom. The van der Waals surface area contributed by atoms with Crippen molar-refractivity contribution in [1.82, 2.24) is 14.8 Å². The first-order valence-corrected chi connectivity index (χ1v) is 5.60. The molecule has 94 valence electrons. The van der Waals surface area contributed by atoms with E-state index < -0.39 is 5.82 Å². The SMILES string of the molecule is O=C(Cn1cnc(Cl)n1)Nc1ccc(F)c(Cl)c1. The predicted molar refractivity (Wildman–Crippen MR) is 65.1 cm³/mol. The fraction of sp³-hybridized carbons (Fsp3) is 0.100. The molecule has 1 amide bonds. The third-order valence-corrected chi connectivity index (χ3v) is 2.48. The zero-order chi connectivity index (χ0) is 13.1. The van der Waals surface area contributed by atoms with Gasteiger partial charge in [0.15, 0.2) is 0 Å². The van der Waals surface area contributed by atoms with E-state index in [-0.39, 0.29) is 22.8 Å². The van der Waals surface area contributed by atoms with Crippen LogP contribution in [-0.4, -0.2) is 20.7 Å². The highest BCUT2D eigenvalue weighted by atomic mass is 35.5. The van der Waals surface area contributed by atoms with Gasteiger partial charge in [-0.15, -0.1) is 5.10 Å². The van der Waals surface area contributed by atoms with Gasteiger partial charge in [0, 0.05) is 5.69 Å². The van der Waals surface area contributed by atoms with Gasteiger partial charge in [0.05, 0.1) is 5.02 Å². The van der Waals surface area contributed by atoms with Crippen LogP contribution in [0.15, 0.2) is 24.5 Å². The molecule has 0 spiro atoms. The van der Waals surface area contributed by atoms with Crippen LogP contribution in [0.5, 0.6) is 0 Å². The van der Waals surface area contributed by atoms with E-state index in [4.69, 9.17) is 23.2 Å². The Kier molecular flexibility index (Phi) is 3.78. The van der Waals surface area contributed by atoms with E-state index in [2.05, 4.69) is 15.4 Å². The van der Waals surface area contributed by atoms with Crippen LogP contribution in [0.3, 0.4) is 0 Å². The molecule has 0 unspecified atom stereocenters. The fourth-order valence-electron chi connectivity index (χ4n) is 1.27. The summed E-state index contributed by atoms with van der Waals surface area (Å²) in [6.07, 6.45) is 1.33. The summed E-state index contributed by atoms with van der Waals surface area (Å²) < 4.78 is 14.2. The number of aromatic nitrogens is 3. The van der Waals surface area contributed by atoms with Gasteiger partial charge < -0.3 is 5.32 Å². The normalized spacial score (nSPS) is 10.4. The van der Waals surface area contributed by atoms with E-state index in [1.165, 1.54) is 29.2 Å². The average Bonchev–Trinajstić information content (AvgIpc) is 2.69. The van der Waals surface area contributed by atoms with Crippen molar-refractivity contribution in [2.45, 2.75) is 6.54 Å². The molecule has 0 saturated carbocycles. The summed E-state index contributed by atoms with van der Waals surface area (Å²) in [6, 6.07) is 3.90. The zero-order valence-electron chi connectivity index (χ0n) is 8.90. The second kappa shape index (κ2) is 5.32. The van der Waals surface area contributed by atoms with Gasteiger partial charge in [-0.1, -0.05) is 11.6 Å². The molecule has 1 aromatic carbocycles. The minimum Gasteiger partial charge on any atom is -0.324 e. The largest absolute Gasteiger partial charge is 0.324 e. The maximum atomic E-state index is 12.9. The summed E-state index contributed by atoms with van der Waals surface area (Å²) in [7, 11) is 0. The number of carbonyl (C=O) groups excluding carboxylic acids is 1. The van der Waals surface area contributed by atoms with Gasteiger partial charge in [-0.05, 0) is 29.8 Å². The van der Waals surface area contributed by atoms with Crippen LogP contribution in [0.2, 0.25) is 10.3 Å². The van der Waals surface area contributed by atoms with Gasteiger partial charge in [0.25, 0.3) is 0 Å². The zero-order valence-corrected chi connectivity index (χ0v) is 10.4. The molecule has 2 aromatic rings. The highest BCUT2D eigenvalue weighted by Gasteiger charge is 2.07. The number of nitrogens with one attached hydrogen (secondary N) is 1. The summed E-state index contributed by atoms with van der Waals surface area (Å²) in [5.41, 5.74) is 0.401. The average molecular weight is 289 g/mol. The maximum absolute atomic E-state index is 12.9. The molecular formula is C10H7Cl2FN4O. The van der Waals surface area contributed by atoms with Crippen LogP contribution in [0.4, 0.5) is 10.1 Å². The molecule has 1 N–H and O–H groups in total. The summed E-state index contributed by atoms with van der Waals surface area (Å²) in [4.78, 5) is 15.3. The standard InChI is InChI=1S/C10H7Cl2FN4O/c11-7-3-6(1-2-8(7)13)15-9(18)4-17-5-14-10(12)16-17/h1-3,5H,4H2,(H,15,18). The highest BCUT2D eigenvalue weighted by Crippen LogP contribution is 2.19. The molecule has 0 bridgehead atoms. The van der Waals surface area contributed by atoms with Gasteiger partial charge in [0.2, 0.25) is 11.2 Å². The van der Waals surface area contributed by atoms with E-state index in [9.17, 15) is 9.18 Å². The monoisotopic (exact) mass is 288 g/mol. The van der Waals surface area contributed by atoms with Crippen LogP contribution < -0.4 is 5.32 Å². The van der Waals surface area contributed by atoms with Crippen molar-refractivity contribution in [3.63, 3.8) is 0 Å². The van der Waals surface area contributed by atoms with E-state index in [0.717, 1.165) is 0 Å². The topological polar surface area (TPSA) is 59.8 Å². The van der Waals surface area contributed by atoms with E-state index >= 15 is 0 Å². The molecule has 1 aromatic heterocycles. The third kappa shape index (κ3) is 3.18. The van der Waals surface area contributed by atoms with Crippen LogP contribution in [0.1, 0.15) is 0 Å². The van der Waals surface area contributed by atoms with Crippen LogP contribution in [0, 0.1) is 5.82 Å². The van der Waals surface area contributed by atoms with Crippen molar-refractivity contribution >= 4 is 34.8 Å². The molecule has 1 heterocycles. The van der Waals surface area contributed by atoms with Gasteiger partial charge in [0.1, 0.15) is 18.7 Å². The van der Waals surface area contributed by atoms with Crippen molar-refractivity contribution in [2.24, 2.45) is 0 Å². The van der Waals surface area contributed by atoms with Crippen molar-refractivity contribution < 1.29 is 9.18 Å². The number of rotatable bonds is 3. The number of carbonyl (C=O) groups is 1. The smallest absolute Gasteiger partial charge is 0.246 e. The Morgan fingerprint density at radius 3 is 2.83 bits per heavy atom.